The molecule has 0 aliphatic heterocycles. The van der Waals surface area contributed by atoms with Gasteiger partial charge in [0, 0.05) is 18.7 Å². The first-order valence-electron chi connectivity index (χ1n) is 6.74. The van der Waals surface area contributed by atoms with Gasteiger partial charge in [0.05, 0.1) is 0 Å². The maximum Gasteiger partial charge on any atom is 0.433 e. The van der Waals surface area contributed by atoms with Crippen molar-refractivity contribution in [2.45, 2.75) is 12.7 Å². The number of halogens is 5. The van der Waals surface area contributed by atoms with Gasteiger partial charge in [-0.2, -0.15) is 18.2 Å². The summed E-state index contributed by atoms with van der Waals surface area (Å²) >= 11 is 0. The number of hydrogen-bond acceptors (Lipinski definition) is 5. The minimum Gasteiger partial charge on any atom is -0.480 e. The predicted octanol–water partition coefficient (Wildman–Crippen LogP) is 2.88. The number of carboxylic acid groups (broad SMARTS) is 1. The zero-order chi connectivity index (χ0) is 18.6. The second-order valence-corrected chi connectivity index (χ2v) is 4.84. The van der Waals surface area contributed by atoms with Gasteiger partial charge in [-0.1, -0.05) is 0 Å². The highest BCUT2D eigenvalue weighted by Gasteiger charge is 2.33. The fourth-order valence-electron chi connectivity index (χ4n) is 1.82. The number of nitrogens with one attached hydrogen (secondary N) is 2. The molecule has 134 valence electrons. The number of benzene rings is 1. The van der Waals surface area contributed by atoms with Crippen LogP contribution in [0.2, 0.25) is 0 Å². The summed E-state index contributed by atoms with van der Waals surface area (Å²) in [4.78, 5) is 17.4. The Morgan fingerprint density at radius 1 is 1.04 bits per heavy atom. The third-order valence-electron chi connectivity index (χ3n) is 2.81. The Hall–Kier alpha value is -2.98. The number of carboxylic acids is 1. The fourth-order valence-corrected chi connectivity index (χ4v) is 1.82. The van der Waals surface area contributed by atoms with Crippen LogP contribution >= 0.6 is 0 Å². The van der Waals surface area contributed by atoms with Crippen molar-refractivity contribution in [1.29, 1.82) is 0 Å². The topological polar surface area (TPSA) is 87.1 Å². The molecule has 3 N–H and O–H groups in total. The average Bonchev–Trinajstić information content (AvgIpc) is 2.49. The molecule has 2 rings (SSSR count). The fraction of sp³-hybridized carbons (Fsp3) is 0.214. The van der Waals surface area contributed by atoms with Crippen molar-refractivity contribution >= 4 is 17.7 Å². The van der Waals surface area contributed by atoms with Gasteiger partial charge in [-0.3, -0.25) is 4.79 Å². The highest BCUT2D eigenvalue weighted by Crippen LogP contribution is 2.29. The summed E-state index contributed by atoms with van der Waals surface area (Å²) in [7, 11) is 0. The Kier molecular flexibility index (Phi) is 5.35. The first-order valence-corrected chi connectivity index (χ1v) is 6.74. The van der Waals surface area contributed by atoms with Crippen molar-refractivity contribution in [3.05, 3.63) is 47.2 Å². The Morgan fingerprint density at radius 2 is 1.68 bits per heavy atom. The molecule has 0 bridgehead atoms. The minimum absolute atomic E-state index is 0.143. The zero-order valence-corrected chi connectivity index (χ0v) is 12.4. The van der Waals surface area contributed by atoms with E-state index in [0.717, 1.165) is 12.1 Å². The standard InChI is InChI=1S/C14H11F5N4O2/c15-8-1-7(2-9(16)3-8)5-20-11-4-10(14(17,18)19)22-13(23-11)21-6-12(24)25/h1-4H,5-6H2,(H,24,25)(H2,20,21,22,23). The number of nitrogens with zero attached hydrogens (tertiary/aromatic N) is 2. The summed E-state index contributed by atoms with van der Waals surface area (Å²) in [6.07, 6.45) is -4.79. The third-order valence-corrected chi connectivity index (χ3v) is 2.81. The van der Waals surface area contributed by atoms with Crippen LogP contribution in [-0.2, 0) is 17.5 Å². The molecule has 25 heavy (non-hydrogen) atoms. The van der Waals surface area contributed by atoms with Crippen LogP contribution in [0.3, 0.4) is 0 Å². The van der Waals surface area contributed by atoms with E-state index in [0.29, 0.717) is 12.1 Å². The van der Waals surface area contributed by atoms with Crippen molar-refractivity contribution in [3.63, 3.8) is 0 Å². The van der Waals surface area contributed by atoms with Crippen molar-refractivity contribution < 1.29 is 31.9 Å². The molecule has 11 heteroatoms. The molecule has 0 fully saturated rings. The maximum atomic E-state index is 13.1. The second-order valence-electron chi connectivity index (χ2n) is 4.84. The van der Waals surface area contributed by atoms with Crippen LogP contribution in [0.5, 0.6) is 0 Å². The maximum absolute atomic E-state index is 13.1. The molecule has 6 nitrogen and oxygen atoms in total. The molecule has 0 spiro atoms. The number of anilines is 2. The van der Waals surface area contributed by atoms with Gasteiger partial charge in [-0.05, 0) is 17.7 Å². The molecule has 0 unspecified atom stereocenters. The molecule has 0 saturated heterocycles. The van der Waals surface area contributed by atoms with Gasteiger partial charge in [-0.15, -0.1) is 0 Å². The summed E-state index contributed by atoms with van der Waals surface area (Å²) in [5.74, 6) is -3.82. The summed E-state index contributed by atoms with van der Waals surface area (Å²) in [6.45, 7) is -0.892. The smallest absolute Gasteiger partial charge is 0.433 e. The summed E-state index contributed by atoms with van der Waals surface area (Å²) < 4.78 is 64.8. The van der Waals surface area contributed by atoms with Crippen LogP contribution in [0.4, 0.5) is 33.7 Å². The van der Waals surface area contributed by atoms with Crippen LogP contribution in [0.25, 0.3) is 0 Å². The first-order chi connectivity index (χ1) is 11.6. The third kappa shape index (κ3) is 5.55. The molecule has 0 amide bonds. The molecule has 0 saturated carbocycles. The SMILES string of the molecule is O=C(O)CNc1nc(NCc2cc(F)cc(F)c2)cc(C(F)(F)F)n1. The van der Waals surface area contributed by atoms with E-state index >= 15 is 0 Å². The molecule has 1 aromatic carbocycles. The van der Waals surface area contributed by atoms with Gasteiger partial charge in [0.25, 0.3) is 0 Å². The number of alkyl halides is 3. The molecule has 2 aromatic rings. The van der Waals surface area contributed by atoms with E-state index in [9.17, 15) is 26.7 Å². The monoisotopic (exact) mass is 362 g/mol. The number of carbonyl (C=O) groups is 1. The average molecular weight is 362 g/mol. The quantitative estimate of drug-likeness (QED) is 0.685. The van der Waals surface area contributed by atoms with Crippen LogP contribution in [0.1, 0.15) is 11.3 Å². The van der Waals surface area contributed by atoms with Crippen molar-refractivity contribution in [1.82, 2.24) is 9.97 Å². The van der Waals surface area contributed by atoms with E-state index < -0.39 is 42.0 Å². The summed E-state index contributed by atoms with van der Waals surface area (Å²) in [5.41, 5.74) is -1.16. The molecule has 0 aliphatic carbocycles. The molecule has 0 radical (unpaired) electrons. The van der Waals surface area contributed by atoms with Gasteiger partial charge in [-0.25, -0.2) is 13.8 Å². The van der Waals surface area contributed by atoms with Gasteiger partial charge in [0.15, 0.2) is 5.69 Å². The number of aromatic nitrogens is 2. The van der Waals surface area contributed by atoms with Crippen LogP contribution in [0.15, 0.2) is 24.3 Å². The van der Waals surface area contributed by atoms with Crippen molar-refractivity contribution in [3.8, 4) is 0 Å². The van der Waals surface area contributed by atoms with Crippen LogP contribution in [0, 0.1) is 11.6 Å². The lowest BCUT2D eigenvalue weighted by molar-refractivity contribution is -0.141. The van der Waals surface area contributed by atoms with Gasteiger partial charge < -0.3 is 15.7 Å². The Balaban J connectivity index is 2.22. The predicted molar refractivity (Wildman–Crippen MR) is 76.8 cm³/mol. The second kappa shape index (κ2) is 7.28. The molecule has 0 aliphatic rings. The molecular formula is C14H11F5N4O2. The Bertz CT molecular complexity index is 762. The highest BCUT2D eigenvalue weighted by molar-refractivity contribution is 5.71. The summed E-state index contributed by atoms with van der Waals surface area (Å²) in [6, 6.07) is 3.27. The Labute approximate surface area is 137 Å². The van der Waals surface area contributed by atoms with Crippen LogP contribution in [-0.4, -0.2) is 27.6 Å². The largest absolute Gasteiger partial charge is 0.480 e. The number of aliphatic carboxylic acids is 1. The van der Waals surface area contributed by atoms with E-state index in [1.807, 2.05) is 0 Å². The van der Waals surface area contributed by atoms with E-state index in [2.05, 4.69) is 20.6 Å². The van der Waals surface area contributed by atoms with E-state index in [1.165, 1.54) is 0 Å². The van der Waals surface area contributed by atoms with Crippen LogP contribution < -0.4 is 10.6 Å². The highest BCUT2D eigenvalue weighted by atomic mass is 19.4. The van der Waals surface area contributed by atoms with Crippen molar-refractivity contribution in [2.75, 3.05) is 17.2 Å². The van der Waals surface area contributed by atoms with Gasteiger partial charge >= 0.3 is 12.1 Å². The van der Waals surface area contributed by atoms with E-state index in [1.54, 1.807) is 0 Å². The first kappa shape index (κ1) is 18.4. The molecule has 1 aromatic heterocycles. The number of rotatable bonds is 6. The number of hydrogen-bond donors (Lipinski definition) is 3. The normalized spacial score (nSPS) is 11.2. The van der Waals surface area contributed by atoms with Gasteiger partial charge in [0.2, 0.25) is 5.95 Å². The van der Waals surface area contributed by atoms with Gasteiger partial charge in [0.1, 0.15) is 24.0 Å². The summed E-state index contributed by atoms with van der Waals surface area (Å²) in [5, 5.41) is 13.2. The molecule has 0 atom stereocenters. The minimum atomic E-state index is -4.79. The van der Waals surface area contributed by atoms with E-state index in [4.69, 9.17) is 5.11 Å². The molecular weight excluding hydrogens is 351 g/mol. The lowest BCUT2D eigenvalue weighted by atomic mass is 10.2. The van der Waals surface area contributed by atoms with E-state index in [-0.39, 0.29) is 17.9 Å². The van der Waals surface area contributed by atoms with Crippen molar-refractivity contribution in [2.24, 2.45) is 0 Å². The zero-order valence-electron chi connectivity index (χ0n) is 12.4. The Morgan fingerprint density at radius 3 is 2.24 bits per heavy atom. The lowest BCUT2D eigenvalue weighted by Crippen LogP contribution is -2.18. The lowest BCUT2D eigenvalue weighted by Gasteiger charge is -2.12. The molecule has 1 heterocycles.